The molecule has 0 aliphatic heterocycles. The first-order valence-corrected chi connectivity index (χ1v) is 5.47. The standard InChI is InChI=1S/C6H14Cl2NP/c1-5(2)10(6(3)4)9(7)8/h5-6H,1-4H3. The highest BCUT2D eigenvalue weighted by Gasteiger charge is 2.21. The van der Waals surface area contributed by atoms with Crippen LogP contribution in [0.3, 0.4) is 0 Å². The van der Waals surface area contributed by atoms with Gasteiger partial charge in [-0.1, -0.05) is 27.7 Å². The van der Waals surface area contributed by atoms with Gasteiger partial charge in [0.1, 0.15) is 0 Å². The summed E-state index contributed by atoms with van der Waals surface area (Å²) in [6.45, 7) is 8.57. The van der Waals surface area contributed by atoms with E-state index in [9.17, 15) is 0 Å². The van der Waals surface area contributed by atoms with E-state index in [-0.39, 0.29) is 8.07 Å². The van der Waals surface area contributed by atoms with E-state index in [4.69, 9.17) is 23.6 Å². The lowest BCUT2D eigenvalue weighted by molar-refractivity contribution is 0.943. The molecular formula is C6H14Cl2NP. The van der Waals surface area contributed by atoms with E-state index in [0.717, 1.165) is 0 Å². The summed E-state index contributed by atoms with van der Waals surface area (Å²) in [5, 5.41) is 0. The van der Waals surface area contributed by atoms with E-state index >= 15 is 0 Å². The number of hydrogen-bond acceptors (Lipinski definition) is 1. The highest BCUT2D eigenvalue weighted by Crippen LogP contribution is 2.51. The van der Waals surface area contributed by atoms with Gasteiger partial charge < -0.3 is 0 Å². The minimum atomic E-state index is -0.373. The van der Waals surface area contributed by atoms with Crippen LogP contribution < -0.4 is 0 Å². The number of halogens is 2. The summed E-state index contributed by atoms with van der Waals surface area (Å²) in [4.78, 5) is 0. The molecule has 0 atom stereocenters. The van der Waals surface area contributed by atoms with Gasteiger partial charge in [-0.25, -0.2) is 0 Å². The molecule has 0 rings (SSSR count). The molecule has 62 valence electrons. The number of hydrogen-bond donors (Lipinski definition) is 0. The number of rotatable bonds is 3. The molecule has 0 saturated heterocycles. The normalized spacial score (nSPS) is 12.6. The second kappa shape index (κ2) is 4.77. The topological polar surface area (TPSA) is 3.24 Å². The van der Waals surface area contributed by atoms with E-state index in [0.29, 0.717) is 11.3 Å². The summed E-state index contributed by atoms with van der Waals surface area (Å²) in [6, 6.07) is 0. The third-order valence-corrected chi connectivity index (χ3v) is 4.75. The van der Waals surface area contributed by atoms with Crippen LogP contribution in [0.15, 0.2) is 0 Å². The van der Waals surface area contributed by atoms with Crippen molar-refractivity contribution in [1.29, 1.82) is 0 Å². The van der Waals surface area contributed by atoms with E-state index < -0.39 is 0 Å². The lowest BCUT2D eigenvalue weighted by atomic mass is 10.5. The molecule has 0 aliphatic rings. The largest absolute Gasteiger partial charge is 0.110 e. The summed E-state index contributed by atoms with van der Waals surface area (Å²) in [7, 11) is -0.373. The first-order valence-electron chi connectivity index (χ1n) is 3.36. The molecule has 10 heavy (non-hydrogen) atoms. The van der Waals surface area contributed by atoms with Crippen LogP contribution in [0.1, 0.15) is 27.7 Å². The maximum atomic E-state index is 5.66. The van der Waals surface area contributed by atoms with Crippen molar-refractivity contribution in [2.75, 3.05) is 0 Å². The van der Waals surface area contributed by atoms with E-state index in [1.807, 2.05) is 0 Å². The highest BCUT2D eigenvalue weighted by atomic mass is 35.5. The van der Waals surface area contributed by atoms with Crippen LogP contribution in [-0.4, -0.2) is 15.0 Å². The summed E-state index contributed by atoms with van der Waals surface area (Å²) in [6.07, 6.45) is 0. The molecule has 0 aliphatic carbocycles. The second-order valence-corrected chi connectivity index (χ2v) is 7.33. The minimum absolute atomic E-state index is 0.373. The van der Waals surface area contributed by atoms with E-state index in [1.165, 1.54) is 3.71 Å². The fourth-order valence-electron chi connectivity index (χ4n) is 0.945. The third kappa shape index (κ3) is 3.39. The van der Waals surface area contributed by atoms with Crippen molar-refractivity contribution >= 4 is 31.6 Å². The Hall–Kier alpha value is 0.970. The van der Waals surface area contributed by atoms with Crippen LogP contribution in [0, 0.1) is 0 Å². The zero-order valence-electron chi connectivity index (χ0n) is 6.81. The molecular weight excluding hydrogens is 188 g/mol. The molecule has 0 aromatic carbocycles. The summed E-state index contributed by atoms with van der Waals surface area (Å²) in [5.74, 6) is 0. The van der Waals surface area contributed by atoms with Crippen molar-refractivity contribution < 1.29 is 0 Å². The first-order chi connectivity index (χ1) is 4.46. The molecule has 0 aromatic rings. The second-order valence-electron chi connectivity index (χ2n) is 2.78. The molecule has 0 heterocycles. The van der Waals surface area contributed by atoms with Crippen LogP contribution in [0.5, 0.6) is 0 Å². The average Bonchev–Trinajstić information content (AvgIpc) is 1.59. The molecule has 0 fully saturated rings. The molecule has 4 heteroatoms. The zero-order valence-corrected chi connectivity index (χ0v) is 9.21. The Morgan fingerprint density at radius 1 is 1.00 bits per heavy atom. The van der Waals surface area contributed by atoms with Crippen LogP contribution in [0.2, 0.25) is 0 Å². The fraction of sp³-hybridized carbons (Fsp3) is 1.00. The number of nitrogens with zero attached hydrogens (tertiary/aromatic N) is 1. The van der Waals surface area contributed by atoms with Gasteiger partial charge in [-0.3, -0.25) is 0 Å². The third-order valence-electron chi connectivity index (χ3n) is 1.23. The maximum Gasteiger partial charge on any atom is 0.00615 e. The predicted octanol–water partition coefficient (Wildman–Crippen LogP) is 3.81. The van der Waals surface area contributed by atoms with Crippen LogP contribution in [-0.2, 0) is 0 Å². The van der Waals surface area contributed by atoms with Crippen molar-refractivity contribution in [3.63, 3.8) is 0 Å². The summed E-state index contributed by atoms with van der Waals surface area (Å²) >= 11 is 11.3. The quantitative estimate of drug-likeness (QED) is 0.496. The fourth-order valence-corrected chi connectivity index (χ4v) is 4.93. The monoisotopic (exact) mass is 201 g/mol. The molecule has 0 unspecified atom stereocenters. The van der Waals surface area contributed by atoms with Gasteiger partial charge in [0.05, 0.1) is 0 Å². The summed E-state index contributed by atoms with van der Waals surface area (Å²) < 4.78 is 1.32. The molecule has 0 spiro atoms. The van der Waals surface area contributed by atoms with Crippen LogP contribution >= 0.6 is 31.6 Å². The first kappa shape index (κ1) is 11.0. The van der Waals surface area contributed by atoms with Crippen LogP contribution in [0.25, 0.3) is 0 Å². The van der Waals surface area contributed by atoms with Gasteiger partial charge in [-0.2, -0.15) is 0 Å². The Morgan fingerprint density at radius 3 is 1.30 bits per heavy atom. The Kier molecular flexibility index (Phi) is 5.23. The highest BCUT2D eigenvalue weighted by molar-refractivity contribution is 7.59. The van der Waals surface area contributed by atoms with Crippen molar-refractivity contribution in [2.45, 2.75) is 39.0 Å². The zero-order chi connectivity index (χ0) is 8.31. The molecule has 0 saturated carbocycles. The Bertz CT molecular complexity index is 76.7. The van der Waals surface area contributed by atoms with Gasteiger partial charge in [-0.05, 0) is 34.9 Å². The minimum Gasteiger partial charge on any atom is -0.110 e. The molecule has 0 bridgehead atoms. The van der Waals surface area contributed by atoms with E-state index in [2.05, 4.69) is 27.7 Å². The van der Waals surface area contributed by atoms with E-state index in [1.54, 1.807) is 0 Å². The van der Waals surface area contributed by atoms with Crippen molar-refractivity contribution in [1.82, 2.24) is 3.71 Å². The van der Waals surface area contributed by atoms with Gasteiger partial charge in [0.25, 0.3) is 0 Å². The lowest BCUT2D eigenvalue weighted by Crippen LogP contribution is -2.09. The lowest BCUT2D eigenvalue weighted by Gasteiger charge is -2.26. The van der Waals surface area contributed by atoms with Crippen molar-refractivity contribution in [2.24, 2.45) is 0 Å². The average molecular weight is 202 g/mol. The van der Waals surface area contributed by atoms with Gasteiger partial charge >= 0.3 is 0 Å². The molecule has 0 N–H and O–H groups in total. The SMILES string of the molecule is CC(C)P(C(C)C)N(Cl)Cl. The Balaban J connectivity index is 3.98. The Labute approximate surface area is 74.7 Å². The van der Waals surface area contributed by atoms with Crippen molar-refractivity contribution in [3.8, 4) is 0 Å². The molecule has 0 radical (unpaired) electrons. The van der Waals surface area contributed by atoms with Crippen LogP contribution in [0.4, 0.5) is 0 Å². The van der Waals surface area contributed by atoms with Gasteiger partial charge in [0.15, 0.2) is 0 Å². The maximum absolute atomic E-state index is 5.66. The smallest absolute Gasteiger partial charge is 0.00615 e. The Morgan fingerprint density at radius 2 is 1.30 bits per heavy atom. The predicted molar refractivity (Wildman–Crippen MR) is 50.7 cm³/mol. The molecule has 1 nitrogen and oxygen atoms in total. The molecule has 0 amide bonds. The van der Waals surface area contributed by atoms with Gasteiger partial charge in [-0.15, -0.1) is 3.71 Å². The molecule has 0 aromatic heterocycles. The van der Waals surface area contributed by atoms with Gasteiger partial charge in [0.2, 0.25) is 0 Å². The summed E-state index contributed by atoms with van der Waals surface area (Å²) in [5.41, 5.74) is 1.12. The van der Waals surface area contributed by atoms with Gasteiger partial charge in [0, 0.05) is 8.07 Å². The van der Waals surface area contributed by atoms with Crippen molar-refractivity contribution in [3.05, 3.63) is 0 Å².